The highest BCUT2D eigenvalue weighted by Crippen LogP contribution is 2.53. The summed E-state index contributed by atoms with van der Waals surface area (Å²) in [6.45, 7) is 0.586. The van der Waals surface area contributed by atoms with Crippen LogP contribution in [0.4, 0.5) is 8.78 Å². The Morgan fingerprint density at radius 1 is 1.15 bits per heavy atom. The molecule has 3 aromatic rings. The standard InChI is InChI=1S/C24H24F2N2O4S2/c25-24(26)13-18(24)12-23(30)8-10-28(11-9-23)22(29)17-6-4-16(5-7-17)14-34(31,32)20-3-1-2-19-21(20)27-15-33-19/h1-7,15,18,30H,8-14H2. The quantitative estimate of drug-likeness (QED) is 0.539. The number of fused-ring (bicyclic) bond motifs is 1. The highest BCUT2D eigenvalue weighted by Gasteiger charge is 2.59. The van der Waals surface area contributed by atoms with Crippen LogP contribution in [0.5, 0.6) is 0 Å². The lowest BCUT2D eigenvalue weighted by Gasteiger charge is -2.38. The number of carbonyl (C=O) groups excluding carboxylic acids is 1. The number of likely N-dealkylation sites (tertiary alicyclic amines) is 1. The number of aromatic nitrogens is 1. The molecule has 6 nitrogen and oxygen atoms in total. The van der Waals surface area contributed by atoms with Crippen molar-refractivity contribution in [3.05, 3.63) is 59.1 Å². The summed E-state index contributed by atoms with van der Waals surface area (Å²) in [6.07, 6.45) is 0.437. The van der Waals surface area contributed by atoms with Crippen LogP contribution in [-0.2, 0) is 15.6 Å². The first-order chi connectivity index (χ1) is 16.1. The molecule has 1 aliphatic carbocycles. The summed E-state index contributed by atoms with van der Waals surface area (Å²) >= 11 is 1.38. The molecule has 1 aromatic heterocycles. The van der Waals surface area contributed by atoms with Crippen LogP contribution in [0.3, 0.4) is 0 Å². The van der Waals surface area contributed by atoms with Crippen molar-refractivity contribution >= 4 is 37.3 Å². The maximum atomic E-state index is 13.2. The van der Waals surface area contributed by atoms with E-state index in [-0.39, 0.29) is 42.2 Å². The van der Waals surface area contributed by atoms with Gasteiger partial charge in [-0.15, -0.1) is 11.3 Å². The van der Waals surface area contributed by atoms with Crippen LogP contribution in [0.15, 0.2) is 52.9 Å². The number of benzene rings is 2. The van der Waals surface area contributed by atoms with Crippen molar-refractivity contribution in [2.24, 2.45) is 5.92 Å². The number of alkyl halides is 2. The van der Waals surface area contributed by atoms with Crippen LogP contribution in [0.25, 0.3) is 10.2 Å². The van der Waals surface area contributed by atoms with Crippen LogP contribution in [0, 0.1) is 5.92 Å². The number of sulfone groups is 1. The Morgan fingerprint density at radius 2 is 1.82 bits per heavy atom. The van der Waals surface area contributed by atoms with Crippen molar-refractivity contribution in [2.75, 3.05) is 13.1 Å². The summed E-state index contributed by atoms with van der Waals surface area (Å²) in [5, 5.41) is 10.6. The van der Waals surface area contributed by atoms with Gasteiger partial charge in [0.2, 0.25) is 0 Å². The summed E-state index contributed by atoms with van der Waals surface area (Å²) in [4.78, 5) is 18.9. The van der Waals surface area contributed by atoms with Gasteiger partial charge in [0.05, 0.1) is 32.0 Å². The van der Waals surface area contributed by atoms with Crippen molar-refractivity contribution in [3.8, 4) is 0 Å². The van der Waals surface area contributed by atoms with Gasteiger partial charge < -0.3 is 10.0 Å². The normalized spacial score (nSPS) is 21.5. The molecule has 0 bridgehead atoms. The summed E-state index contributed by atoms with van der Waals surface area (Å²) in [6, 6.07) is 11.5. The number of halogens is 2. The van der Waals surface area contributed by atoms with Crippen LogP contribution < -0.4 is 0 Å². The highest BCUT2D eigenvalue weighted by atomic mass is 32.2. The molecule has 1 aliphatic heterocycles. The number of nitrogens with zero attached hydrogens (tertiary/aromatic N) is 2. The number of rotatable bonds is 6. The van der Waals surface area contributed by atoms with Gasteiger partial charge in [-0.1, -0.05) is 18.2 Å². The van der Waals surface area contributed by atoms with Gasteiger partial charge in [-0.2, -0.15) is 0 Å². The Morgan fingerprint density at radius 3 is 2.47 bits per heavy atom. The molecule has 2 heterocycles. The van der Waals surface area contributed by atoms with E-state index in [1.165, 1.54) is 11.3 Å². The zero-order chi connectivity index (χ0) is 24.1. The largest absolute Gasteiger partial charge is 0.390 e. The number of piperidine rings is 1. The van der Waals surface area contributed by atoms with E-state index < -0.39 is 27.3 Å². The number of para-hydroxylation sites is 1. The minimum atomic E-state index is -3.62. The molecule has 2 fully saturated rings. The fourth-order valence-electron chi connectivity index (χ4n) is 4.61. The predicted molar refractivity (Wildman–Crippen MR) is 125 cm³/mol. The lowest BCUT2D eigenvalue weighted by atomic mass is 9.86. The number of aliphatic hydroxyl groups is 1. The molecule has 10 heteroatoms. The third-order valence-corrected chi connectivity index (χ3v) is 9.29. The average molecular weight is 507 g/mol. The molecule has 0 radical (unpaired) electrons. The molecule has 1 atom stereocenters. The van der Waals surface area contributed by atoms with Crippen molar-refractivity contribution in [3.63, 3.8) is 0 Å². The number of hydrogen-bond donors (Lipinski definition) is 1. The fraction of sp³-hybridized carbons (Fsp3) is 0.417. The van der Waals surface area contributed by atoms with Crippen molar-refractivity contribution in [1.82, 2.24) is 9.88 Å². The molecule has 1 amide bonds. The van der Waals surface area contributed by atoms with E-state index in [0.717, 1.165) is 4.70 Å². The summed E-state index contributed by atoms with van der Waals surface area (Å²) < 4.78 is 53.2. The van der Waals surface area contributed by atoms with E-state index >= 15 is 0 Å². The topological polar surface area (TPSA) is 87.6 Å². The molecule has 1 saturated heterocycles. The van der Waals surface area contributed by atoms with Gasteiger partial charge in [0, 0.05) is 31.0 Å². The third-order valence-electron chi connectivity index (χ3n) is 6.78. The molecule has 0 spiro atoms. The molecule has 2 aliphatic rings. The minimum absolute atomic E-state index is 0.0693. The van der Waals surface area contributed by atoms with E-state index in [4.69, 9.17) is 0 Å². The summed E-state index contributed by atoms with van der Waals surface area (Å²) in [5.74, 6) is -3.85. The summed E-state index contributed by atoms with van der Waals surface area (Å²) in [5.41, 5.74) is 1.91. The molecule has 1 saturated carbocycles. The van der Waals surface area contributed by atoms with E-state index in [1.54, 1.807) is 46.8 Å². The first-order valence-corrected chi connectivity index (χ1v) is 13.6. The minimum Gasteiger partial charge on any atom is -0.390 e. The molecular weight excluding hydrogens is 482 g/mol. The SMILES string of the molecule is O=C(c1ccc(CS(=O)(=O)c2cccc3scnc23)cc1)N1CCC(O)(CC2CC2(F)F)CC1. The Balaban J connectivity index is 1.22. The summed E-state index contributed by atoms with van der Waals surface area (Å²) in [7, 11) is -3.62. The van der Waals surface area contributed by atoms with E-state index in [9.17, 15) is 27.1 Å². The van der Waals surface area contributed by atoms with Gasteiger partial charge in [0.1, 0.15) is 0 Å². The molecule has 1 unspecified atom stereocenters. The predicted octanol–water partition coefficient (Wildman–Crippen LogP) is 4.28. The number of amides is 1. The lowest BCUT2D eigenvalue weighted by Crippen LogP contribution is -2.47. The van der Waals surface area contributed by atoms with E-state index in [0.29, 0.717) is 29.7 Å². The Kier molecular flexibility index (Phi) is 5.73. The molecular formula is C24H24F2N2O4S2. The number of thiazole rings is 1. The van der Waals surface area contributed by atoms with Gasteiger partial charge in [-0.05, 0) is 49.1 Å². The van der Waals surface area contributed by atoms with Gasteiger partial charge in [-0.3, -0.25) is 4.79 Å². The Bertz CT molecular complexity index is 1330. The fourth-order valence-corrected chi connectivity index (χ4v) is 6.91. The zero-order valence-corrected chi connectivity index (χ0v) is 19.9. The lowest BCUT2D eigenvalue weighted by molar-refractivity contribution is -0.0366. The zero-order valence-electron chi connectivity index (χ0n) is 18.3. The second-order valence-corrected chi connectivity index (χ2v) is 12.1. The van der Waals surface area contributed by atoms with Gasteiger partial charge in [0.25, 0.3) is 11.8 Å². The monoisotopic (exact) mass is 506 g/mol. The molecule has 34 heavy (non-hydrogen) atoms. The van der Waals surface area contributed by atoms with Crippen molar-refractivity contribution in [1.29, 1.82) is 0 Å². The van der Waals surface area contributed by atoms with Crippen LogP contribution >= 0.6 is 11.3 Å². The van der Waals surface area contributed by atoms with Crippen LogP contribution in [0.1, 0.15) is 41.6 Å². The second-order valence-electron chi connectivity index (χ2n) is 9.29. The van der Waals surface area contributed by atoms with Crippen LogP contribution in [0.2, 0.25) is 0 Å². The first kappa shape index (κ1) is 23.3. The second kappa shape index (κ2) is 8.35. The smallest absolute Gasteiger partial charge is 0.253 e. The number of hydrogen-bond acceptors (Lipinski definition) is 6. The average Bonchev–Trinajstić information content (AvgIpc) is 3.17. The number of carbonyl (C=O) groups is 1. The molecule has 180 valence electrons. The van der Waals surface area contributed by atoms with Gasteiger partial charge >= 0.3 is 0 Å². The van der Waals surface area contributed by atoms with E-state index in [2.05, 4.69) is 4.98 Å². The molecule has 2 aromatic carbocycles. The van der Waals surface area contributed by atoms with Crippen LogP contribution in [-0.4, -0.2) is 53.9 Å². The maximum absolute atomic E-state index is 13.2. The van der Waals surface area contributed by atoms with Gasteiger partial charge in [-0.25, -0.2) is 22.2 Å². The molecule has 1 N–H and O–H groups in total. The van der Waals surface area contributed by atoms with Crippen molar-refractivity contribution in [2.45, 2.75) is 47.9 Å². The first-order valence-electron chi connectivity index (χ1n) is 11.1. The molecule has 5 rings (SSSR count). The Hall–Kier alpha value is -2.43. The third kappa shape index (κ3) is 4.58. The van der Waals surface area contributed by atoms with Crippen molar-refractivity contribution < 1.29 is 27.1 Å². The Labute approximate surface area is 200 Å². The van der Waals surface area contributed by atoms with E-state index in [1.807, 2.05) is 6.07 Å². The maximum Gasteiger partial charge on any atom is 0.253 e. The highest BCUT2D eigenvalue weighted by molar-refractivity contribution is 7.90. The van der Waals surface area contributed by atoms with Gasteiger partial charge in [0.15, 0.2) is 9.84 Å².